The number of rotatable bonds is 4. The van der Waals surface area contributed by atoms with E-state index >= 15 is 0 Å². The van der Waals surface area contributed by atoms with Gasteiger partial charge >= 0.3 is 0 Å². The molecule has 0 saturated carbocycles. The molecule has 2 aromatic rings. The van der Waals surface area contributed by atoms with Crippen molar-refractivity contribution in [2.75, 3.05) is 5.32 Å². The molecule has 2 heterocycles. The van der Waals surface area contributed by atoms with Crippen molar-refractivity contribution in [3.63, 3.8) is 0 Å². The van der Waals surface area contributed by atoms with Gasteiger partial charge in [-0.05, 0) is 44.5 Å². The summed E-state index contributed by atoms with van der Waals surface area (Å²) >= 11 is 3.36. The third-order valence-corrected chi connectivity index (χ3v) is 5.06. The van der Waals surface area contributed by atoms with E-state index in [-0.39, 0.29) is 23.8 Å². The number of hydrogen-bond acceptors (Lipinski definition) is 4. The van der Waals surface area contributed by atoms with E-state index in [1.54, 1.807) is 22.9 Å². The Labute approximate surface area is 160 Å². The fourth-order valence-corrected chi connectivity index (χ4v) is 3.41. The first-order valence-electron chi connectivity index (χ1n) is 8.58. The zero-order valence-electron chi connectivity index (χ0n) is 14.9. The molecule has 0 spiro atoms. The first-order valence-corrected chi connectivity index (χ1v) is 9.38. The molecular formula is C18H22BrN5O2. The lowest BCUT2D eigenvalue weighted by molar-refractivity contribution is -0.130. The summed E-state index contributed by atoms with van der Waals surface area (Å²) in [6, 6.07) is 8.89. The van der Waals surface area contributed by atoms with Gasteiger partial charge in [-0.3, -0.25) is 14.9 Å². The number of carbonyl (C=O) groups excluding carboxylic acids is 2. The molecule has 138 valence electrons. The van der Waals surface area contributed by atoms with Gasteiger partial charge < -0.3 is 10.6 Å². The van der Waals surface area contributed by atoms with Crippen LogP contribution in [0.25, 0.3) is 0 Å². The molecule has 2 amide bonds. The minimum atomic E-state index is -0.505. The third kappa shape index (κ3) is 3.81. The summed E-state index contributed by atoms with van der Waals surface area (Å²) in [5, 5.41) is 13.6. The summed E-state index contributed by atoms with van der Waals surface area (Å²) in [6.07, 6.45) is 0.257. The van der Waals surface area contributed by atoms with Crippen LogP contribution in [0.2, 0.25) is 0 Å². The molecule has 0 radical (unpaired) electrons. The highest BCUT2D eigenvalue weighted by Gasteiger charge is 2.34. The van der Waals surface area contributed by atoms with Crippen molar-refractivity contribution in [3.05, 3.63) is 46.1 Å². The third-order valence-electron chi connectivity index (χ3n) is 4.53. The lowest BCUT2D eigenvalue weighted by Gasteiger charge is -2.35. The Morgan fingerprint density at radius 1 is 1.35 bits per heavy atom. The number of benzene rings is 1. The maximum atomic E-state index is 12.5. The maximum absolute atomic E-state index is 12.5. The Bertz CT molecular complexity index is 817. The monoisotopic (exact) mass is 419 g/mol. The molecule has 1 saturated heterocycles. The molecule has 0 aliphatic carbocycles. The second-order valence-electron chi connectivity index (χ2n) is 6.46. The normalized spacial score (nSPS) is 22.8. The van der Waals surface area contributed by atoms with E-state index in [1.165, 1.54) is 0 Å². The van der Waals surface area contributed by atoms with Gasteiger partial charge in [-0.25, -0.2) is 4.68 Å². The van der Waals surface area contributed by atoms with Crippen LogP contribution in [-0.4, -0.2) is 27.6 Å². The van der Waals surface area contributed by atoms with E-state index in [0.717, 1.165) is 16.6 Å². The van der Waals surface area contributed by atoms with Gasteiger partial charge in [0.1, 0.15) is 5.82 Å². The number of halogens is 1. The second-order valence-corrected chi connectivity index (χ2v) is 7.37. The van der Waals surface area contributed by atoms with Gasteiger partial charge in [-0.1, -0.05) is 22.9 Å². The topological polar surface area (TPSA) is 88.1 Å². The van der Waals surface area contributed by atoms with Crippen molar-refractivity contribution in [1.29, 1.82) is 0 Å². The molecule has 0 bridgehead atoms. The molecular weight excluding hydrogens is 398 g/mol. The Kier molecular flexibility index (Phi) is 5.43. The van der Waals surface area contributed by atoms with Crippen LogP contribution in [-0.2, 0) is 4.79 Å². The van der Waals surface area contributed by atoms with Gasteiger partial charge in [0.15, 0.2) is 6.29 Å². The number of carbonyl (C=O) groups is 2. The molecule has 1 fully saturated rings. The summed E-state index contributed by atoms with van der Waals surface area (Å²) in [4.78, 5) is 24.9. The van der Waals surface area contributed by atoms with E-state index in [9.17, 15) is 9.59 Å². The lowest BCUT2D eigenvalue weighted by atomic mass is 9.95. The molecule has 1 aromatic carbocycles. The Balaban J connectivity index is 1.81. The van der Waals surface area contributed by atoms with Crippen molar-refractivity contribution in [2.45, 2.75) is 39.5 Å². The summed E-state index contributed by atoms with van der Waals surface area (Å²) in [6.45, 7) is 5.82. The highest BCUT2D eigenvalue weighted by molar-refractivity contribution is 9.10. The lowest BCUT2D eigenvalue weighted by Crippen LogP contribution is -2.57. The van der Waals surface area contributed by atoms with Crippen LogP contribution in [0.1, 0.15) is 42.6 Å². The molecule has 3 atom stereocenters. The number of nitrogens with zero attached hydrogens (tertiary/aromatic N) is 2. The van der Waals surface area contributed by atoms with Crippen LogP contribution in [0.4, 0.5) is 5.82 Å². The van der Waals surface area contributed by atoms with Gasteiger partial charge in [0.05, 0.1) is 11.6 Å². The fourth-order valence-electron chi connectivity index (χ4n) is 3.14. The van der Waals surface area contributed by atoms with Gasteiger partial charge in [0.2, 0.25) is 5.91 Å². The molecule has 3 unspecified atom stereocenters. The predicted molar refractivity (Wildman–Crippen MR) is 103 cm³/mol. The molecule has 3 N–H and O–H groups in total. The van der Waals surface area contributed by atoms with Crippen LogP contribution >= 0.6 is 15.9 Å². The molecule has 1 aliphatic heterocycles. The molecule has 1 aliphatic rings. The van der Waals surface area contributed by atoms with Crippen LogP contribution in [0.5, 0.6) is 0 Å². The average molecular weight is 420 g/mol. The molecule has 8 heteroatoms. The van der Waals surface area contributed by atoms with Crippen LogP contribution in [0, 0.1) is 12.8 Å². The van der Waals surface area contributed by atoms with Gasteiger partial charge in [-0.2, -0.15) is 5.10 Å². The minimum Gasteiger partial charge on any atom is -0.322 e. The zero-order chi connectivity index (χ0) is 18.8. The maximum Gasteiger partial charge on any atom is 0.256 e. The number of aromatic nitrogens is 2. The van der Waals surface area contributed by atoms with Gasteiger partial charge in [-0.15, -0.1) is 0 Å². The number of nitrogens with one attached hydrogen (secondary N) is 3. The molecule has 3 rings (SSSR count). The Morgan fingerprint density at radius 2 is 2.04 bits per heavy atom. The number of amides is 2. The van der Waals surface area contributed by atoms with Crippen LogP contribution in [0.15, 0.2) is 34.8 Å². The quantitative estimate of drug-likeness (QED) is 0.710. The number of anilines is 1. The standard InChI is InChI=1S/C18H22BrN5O2/c1-4-14-11(3)20-18(22-17(14)26)24-15(9-10(2)23-24)21-16(25)12-5-7-13(19)8-6-12/h5-9,11,14,18,20H,4H2,1-3H3,(H,21,25)(H,22,26). The van der Waals surface area contributed by atoms with Crippen molar-refractivity contribution < 1.29 is 9.59 Å². The summed E-state index contributed by atoms with van der Waals surface area (Å²) < 4.78 is 2.51. The zero-order valence-corrected chi connectivity index (χ0v) is 16.5. The first-order chi connectivity index (χ1) is 12.4. The van der Waals surface area contributed by atoms with Crippen molar-refractivity contribution in [3.8, 4) is 0 Å². The smallest absolute Gasteiger partial charge is 0.256 e. The minimum absolute atomic E-state index is 0.0120. The summed E-state index contributed by atoms with van der Waals surface area (Å²) in [5.41, 5.74) is 1.29. The summed E-state index contributed by atoms with van der Waals surface area (Å²) in [7, 11) is 0. The highest BCUT2D eigenvalue weighted by Crippen LogP contribution is 2.22. The van der Waals surface area contributed by atoms with E-state index in [0.29, 0.717) is 11.4 Å². The number of hydrogen-bond donors (Lipinski definition) is 3. The van der Waals surface area contributed by atoms with Crippen molar-refractivity contribution in [1.82, 2.24) is 20.4 Å². The fraction of sp³-hybridized carbons (Fsp3) is 0.389. The Morgan fingerprint density at radius 3 is 2.65 bits per heavy atom. The van der Waals surface area contributed by atoms with E-state index in [2.05, 4.69) is 37.0 Å². The van der Waals surface area contributed by atoms with Crippen molar-refractivity contribution in [2.24, 2.45) is 5.92 Å². The van der Waals surface area contributed by atoms with Gasteiger partial charge in [0.25, 0.3) is 5.91 Å². The summed E-state index contributed by atoms with van der Waals surface area (Å²) in [5.74, 6) is 0.196. The predicted octanol–water partition coefficient (Wildman–Crippen LogP) is 2.80. The second kappa shape index (κ2) is 7.59. The Hall–Kier alpha value is -2.19. The first kappa shape index (κ1) is 18.6. The number of aryl methyl sites for hydroxylation is 1. The van der Waals surface area contributed by atoms with Gasteiger partial charge in [0, 0.05) is 22.1 Å². The van der Waals surface area contributed by atoms with Crippen LogP contribution in [0.3, 0.4) is 0 Å². The molecule has 7 nitrogen and oxygen atoms in total. The SMILES string of the molecule is CCC1C(=O)NC(n2nc(C)cc2NC(=O)c2ccc(Br)cc2)NC1C. The largest absolute Gasteiger partial charge is 0.322 e. The van der Waals surface area contributed by atoms with E-state index in [1.807, 2.05) is 32.9 Å². The van der Waals surface area contributed by atoms with Crippen molar-refractivity contribution >= 4 is 33.6 Å². The highest BCUT2D eigenvalue weighted by atomic mass is 79.9. The molecule has 26 heavy (non-hydrogen) atoms. The van der Waals surface area contributed by atoms with E-state index in [4.69, 9.17) is 0 Å². The molecule has 1 aromatic heterocycles. The average Bonchev–Trinajstić information content (AvgIpc) is 2.95. The van der Waals surface area contributed by atoms with Crippen LogP contribution < -0.4 is 16.0 Å². The van der Waals surface area contributed by atoms with E-state index < -0.39 is 6.29 Å².